The topological polar surface area (TPSA) is 87.6 Å². The van der Waals surface area contributed by atoms with Crippen LogP contribution in [0.3, 0.4) is 0 Å². The smallest absolute Gasteiger partial charge is 0.217 e. The summed E-state index contributed by atoms with van der Waals surface area (Å²) in [5.41, 5.74) is 1.01. The van der Waals surface area contributed by atoms with Gasteiger partial charge in [-0.1, -0.05) is 35.5 Å². The lowest BCUT2D eigenvalue weighted by molar-refractivity contribution is -0.120. The molecule has 1 rings (SSSR count). The van der Waals surface area contributed by atoms with Crippen LogP contribution in [0.25, 0.3) is 0 Å². The molecule has 1 aromatic carbocycles. The van der Waals surface area contributed by atoms with Crippen molar-refractivity contribution >= 4 is 45.4 Å². The van der Waals surface area contributed by atoms with Crippen LogP contribution < -0.4 is 5.32 Å². The second-order valence-electron chi connectivity index (χ2n) is 13.8. The summed E-state index contributed by atoms with van der Waals surface area (Å²) >= 11 is 0. The molecule has 0 saturated carbocycles. The fourth-order valence-electron chi connectivity index (χ4n) is 3.73. The molecule has 0 bridgehead atoms. The Balaban J connectivity index is 3.53. The monoisotopic (exact) mass is 614 g/mol. The Morgan fingerprint density at radius 3 is 1.77 bits per heavy atom. The van der Waals surface area contributed by atoms with E-state index in [1.54, 1.807) is 6.21 Å². The van der Waals surface area contributed by atoms with Crippen LogP contribution in [0.1, 0.15) is 12.5 Å². The molecule has 8 nitrogen and oxygen atoms in total. The number of carbonyl (C=O) groups excluding carboxylic acids is 1. The highest BCUT2D eigenvalue weighted by molar-refractivity contribution is 6.71. The third-order valence-corrected chi connectivity index (χ3v) is 8.95. The first-order chi connectivity index (χ1) is 17.7. The van der Waals surface area contributed by atoms with E-state index in [-0.39, 0.29) is 12.0 Å². The highest BCUT2D eigenvalue weighted by Crippen LogP contribution is 2.26. The van der Waals surface area contributed by atoms with Crippen molar-refractivity contribution in [1.82, 2.24) is 5.32 Å². The van der Waals surface area contributed by atoms with Crippen molar-refractivity contribution in [2.45, 2.75) is 116 Å². The van der Waals surface area contributed by atoms with Crippen LogP contribution in [0.15, 0.2) is 35.5 Å². The molecule has 4 atom stereocenters. The number of benzene rings is 1. The van der Waals surface area contributed by atoms with Gasteiger partial charge in [0.15, 0.2) is 33.3 Å². The zero-order valence-corrected chi connectivity index (χ0v) is 30.6. The lowest BCUT2D eigenvalue weighted by atomic mass is 10.0. The molecule has 0 spiro atoms. The van der Waals surface area contributed by atoms with Gasteiger partial charge in [0.25, 0.3) is 0 Å². The van der Waals surface area contributed by atoms with Crippen molar-refractivity contribution in [3.63, 3.8) is 0 Å². The lowest BCUT2D eigenvalue weighted by Gasteiger charge is -2.44. The second kappa shape index (κ2) is 15.2. The largest absolute Gasteiger partial charge is 0.415 e. The van der Waals surface area contributed by atoms with E-state index in [1.807, 2.05) is 30.3 Å². The zero-order valence-electron chi connectivity index (χ0n) is 26.6. The Bertz CT molecular complexity index is 893. The first kappa shape index (κ1) is 35.9. The molecule has 0 fully saturated rings. The molecule has 224 valence electrons. The predicted octanol–water partition coefficient (Wildman–Crippen LogP) is 6.21. The molecule has 0 saturated heterocycles. The number of amides is 1. The molecule has 12 heteroatoms. The molecular formula is C27H54N2O6Si4. The van der Waals surface area contributed by atoms with Gasteiger partial charge in [0.05, 0.1) is 37.2 Å². The highest BCUT2D eigenvalue weighted by atomic mass is 28.4. The number of oxime groups is 1. The molecule has 0 heterocycles. The van der Waals surface area contributed by atoms with Crippen molar-refractivity contribution in [3.8, 4) is 0 Å². The van der Waals surface area contributed by atoms with E-state index in [1.165, 1.54) is 6.92 Å². The molecule has 0 aromatic heterocycles. The molecule has 1 N–H and O–H groups in total. The maximum absolute atomic E-state index is 12.4. The minimum Gasteiger partial charge on any atom is -0.415 e. The molecule has 1 aromatic rings. The van der Waals surface area contributed by atoms with E-state index in [0.717, 1.165) is 5.56 Å². The molecule has 1 amide bonds. The number of nitrogens with one attached hydrogen (secondary N) is 1. The molecule has 4 unspecified atom stereocenters. The highest BCUT2D eigenvalue weighted by Gasteiger charge is 2.43. The maximum atomic E-state index is 12.4. The first-order valence-electron chi connectivity index (χ1n) is 13.8. The van der Waals surface area contributed by atoms with Crippen LogP contribution in [-0.2, 0) is 33.9 Å². The summed E-state index contributed by atoms with van der Waals surface area (Å²) in [5.74, 6) is -0.188. The number of nitrogens with zero attached hydrogens (tertiary/aromatic N) is 1. The molecule has 0 aliphatic heterocycles. The predicted molar refractivity (Wildman–Crippen MR) is 171 cm³/mol. The molecule has 0 aliphatic carbocycles. The average Bonchev–Trinajstić information content (AvgIpc) is 2.73. The van der Waals surface area contributed by atoms with Gasteiger partial charge in [-0.2, -0.15) is 0 Å². The summed E-state index contributed by atoms with van der Waals surface area (Å²) in [6.45, 7) is 28.1. The van der Waals surface area contributed by atoms with E-state index in [2.05, 4.69) is 89.0 Å². The van der Waals surface area contributed by atoms with Crippen molar-refractivity contribution in [2.24, 2.45) is 5.16 Å². The number of carbonyl (C=O) groups is 1. The Morgan fingerprint density at radius 1 is 0.795 bits per heavy atom. The quantitative estimate of drug-likeness (QED) is 0.128. The zero-order chi connectivity index (χ0) is 30.1. The fourth-order valence-corrected chi connectivity index (χ4v) is 7.71. The van der Waals surface area contributed by atoms with Crippen LogP contribution in [0, 0.1) is 0 Å². The van der Waals surface area contributed by atoms with Gasteiger partial charge < -0.3 is 27.9 Å². The van der Waals surface area contributed by atoms with Crippen LogP contribution in [-0.4, -0.2) is 76.4 Å². The van der Waals surface area contributed by atoms with Gasteiger partial charge in [0.2, 0.25) is 5.91 Å². The Labute approximate surface area is 241 Å². The van der Waals surface area contributed by atoms with E-state index in [9.17, 15) is 4.79 Å². The second-order valence-corrected chi connectivity index (χ2v) is 31.7. The SMILES string of the molecule is CC(=O)NC(C=NOCc1ccccc1)C(O[Si](C)(C)C)C(O[Si](C)(C)C)C(CO[Si](C)(C)C)O[Si](C)(C)C. The van der Waals surface area contributed by atoms with Gasteiger partial charge in [-0.25, -0.2) is 0 Å². The Hall–Kier alpha value is -1.13. The summed E-state index contributed by atoms with van der Waals surface area (Å²) in [4.78, 5) is 18.0. The Morgan fingerprint density at radius 2 is 1.31 bits per heavy atom. The molecule has 39 heavy (non-hydrogen) atoms. The normalized spacial score (nSPS) is 16.5. The number of hydrogen-bond donors (Lipinski definition) is 1. The average molecular weight is 615 g/mol. The third-order valence-electron chi connectivity index (χ3n) is 4.95. The first-order valence-corrected chi connectivity index (χ1v) is 27.4. The fraction of sp³-hybridized carbons (Fsp3) is 0.704. The summed E-state index contributed by atoms with van der Waals surface area (Å²) in [6, 6.07) is 9.24. The number of hydrogen-bond acceptors (Lipinski definition) is 7. The van der Waals surface area contributed by atoms with Gasteiger partial charge >= 0.3 is 0 Å². The van der Waals surface area contributed by atoms with Crippen molar-refractivity contribution < 1.29 is 27.3 Å². The van der Waals surface area contributed by atoms with Crippen molar-refractivity contribution in [1.29, 1.82) is 0 Å². The van der Waals surface area contributed by atoms with Crippen molar-refractivity contribution in [2.75, 3.05) is 6.61 Å². The molecule has 0 aliphatic rings. The van der Waals surface area contributed by atoms with E-state index in [0.29, 0.717) is 13.2 Å². The minimum absolute atomic E-state index is 0.188. The maximum Gasteiger partial charge on any atom is 0.217 e. The van der Waals surface area contributed by atoms with Gasteiger partial charge in [0.1, 0.15) is 6.61 Å². The van der Waals surface area contributed by atoms with E-state index >= 15 is 0 Å². The Kier molecular flexibility index (Phi) is 14.0. The van der Waals surface area contributed by atoms with Gasteiger partial charge in [-0.05, 0) is 84.1 Å². The molecule has 0 radical (unpaired) electrons. The number of rotatable bonds is 17. The van der Waals surface area contributed by atoms with Crippen LogP contribution >= 0.6 is 0 Å². The van der Waals surface area contributed by atoms with Gasteiger partial charge in [0, 0.05) is 6.92 Å². The molecular weight excluding hydrogens is 561 g/mol. The van der Waals surface area contributed by atoms with Crippen molar-refractivity contribution in [3.05, 3.63) is 35.9 Å². The van der Waals surface area contributed by atoms with Crippen LogP contribution in [0.4, 0.5) is 0 Å². The standard InChI is InChI=1S/C27H54N2O6Si4/c1-22(30)29-24(19-28-31-20-23-17-15-14-16-18-23)26(34-38(8,9)10)27(35-39(11,12)13)25(33-37(5,6)7)21-32-36(2,3)4/h14-19,24-27H,20-21H2,1-13H3,(H,29,30). The lowest BCUT2D eigenvalue weighted by Crippen LogP contribution is -2.61. The van der Waals surface area contributed by atoms with Gasteiger partial charge in [-0.15, -0.1) is 0 Å². The summed E-state index contributed by atoms with van der Waals surface area (Å²) < 4.78 is 26.8. The summed E-state index contributed by atoms with van der Waals surface area (Å²) in [7, 11) is -8.10. The van der Waals surface area contributed by atoms with Gasteiger partial charge in [-0.3, -0.25) is 4.79 Å². The summed E-state index contributed by atoms with van der Waals surface area (Å²) in [5, 5.41) is 7.31. The van der Waals surface area contributed by atoms with Crippen LogP contribution in [0.2, 0.25) is 78.6 Å². The van der Waals surface area contributed by atoms with E-state index in [4.69, 9.17) is 22.5 Å². The third kappa shape index (κ3) is 17.3. The van der Waals surface area contributed by atoms with Crippen LogP contribution in [0.5, 0.6) is 0 Å². The minimum atomic E-state index is -2.13. The summed E-state index contributed by atoms with van der Waals surface area (Å²) in [6.07, 6.45) is 0.221. The van der Waals surface area contributed by atoms with E-state index < -0.39 is 51.5 Å².